The van der Waals surface area contributed by atoms with Gasteiger partial charge in [-0.1, -0.05) is 11.8 Å². The molecular weight excluding hydrogens is 232 g/mol. The standard InChI is InChI=1S/C14H18O4/c1-9-10(6-7-14(2,3)16)11(17-4)8-12(18-5)13(9)15/h8,15-16H,1-5H3. The molecule has 1 aromatic rings. The van der Waals surface area contributed by atoms with Crippen LogP contribution in [0.5, 0.6) is 17.2 Å². The van der Waals surface area contributed by atoms with E-state index in [1.165, 1.54) is 14.2 Å². The van der Waals surface area contributed by atoms with Gasteiger partial charge in [0.2, 0.25) is 0 Å². The molecule has 4 nitrogen and oxygen atoms in total. The second kappa shape index (κ2) is 5.19. The average molecular weight is 250 g/mol. The van der Waals surface area contributed by atoms with Crippen LogP contribution < -0.4 is 9.47 Å². The van der Waals surface area contributed by atoms with E-state index < -0.39 is 5.60 Å². The first kappa shape index (κ1) is 14.2. The summed E-state index contributed by atoms with van der Waals surface area (Å²) in [6.45, 7) is 4.89. The van der Waals surface area contributed by atoms with E-state index in [-0.39, 0.29) is 5.75 Å². The first-order chi connectivity index (χ1) is 8.30. The van der Waals surface area contributed by atoms with Gasteiger partial charge in [-0.2, -0.15) is 0 Å². The zero-order valence-electron chi connectivity index (χ0n) is 11.3. The molecule has 0 atom stereocenters. The van der Waals surface area contributed by atoms with Crippen molar-refractivity contribution in [3.8, 4) is 29.1 Å². The van der Waals surface area contributed by atoms with Crippen molar-refractivity contribution in [2.45, 2.75) is 26.4 Å². The molecule has 0 saturated carbocycles. The summed E-state index contributed by atoms with van der Waals surface area (Å²) in [4.78, 5) is 0. The Kier molecular flexibility index (Phi) is 4.10. The molecule has 0 radical (unpaired) electrons. The molecular formula is C14H18O4. The van der Waals surface area contributed by atoms with E-state index in [1.54, 1.807) is 26.8 Å². The van der Waals surface area contributed by atoms with Crippen molar-refractivity contribution in [1.82, 2.24) is 0 Å². The number of benzene rings is 1. The Morgan fingerprint density at radius 1 is 1.17 bits per heavy atom. The number of ether oxygens (including phenoxy) is 2. The summed E-state index contributed by atoms with van der Waals surface area (Å²) >= 11 is 0. The number of rotatable bonds is 2. The molecule has 1 rings (SSSR count). The Morgan fingerprint density at radius 3 is 2.17 bits per heavy atom. The van der Waals surface area contributed by atoms with Crippen LogP contribution in [0.3, 0.4) is 0 Å². The molecule has 0 unspecified atom stereocenters. The monoisotopic (exact) mass is 250 g/mol. The fourth-order valence-corrected chi connectivity index (χ4v) is 1.43. The van der Waals surface area contributed by atoms with E-state index in [2.05, 4.69) is 11.8 Å². The van der Waals surface area contributed by atoms with Crippen LogP contribution >= 0.6 is 0 Å². The number of phenolic OH excluding ortho intramolecular Hbond substituents is 1. The molecule has 0 saturated heterocycles. The normalized spacial score (nSPS) is 10.6. The summed E-state index contributed by atoms with van der Waals surface area (Å²) in [5, 5.41) is 19.5. The third-order valence-electron chi connectivity index (χ3n) is 2.41. The predicted molar refractivity (Wildman–Crippen MR) is 69.1 cm³/mol. The molecule has 2 N–H and O–H groups in total. The second-order valence-electron chi connectivity index (χ2n) is 4.44. The van der Waals surface area contributed by atoms with E-state index in [1.807, 2.05) is 0 Å². The highest BCUT2D eigenvalue weighted by Gasteiger charge is 2.15. The largest absolute Gasteiger partial charge is 0.504 e. The third-order valence-corrected chi connectivity index (χ3v) is 2.41. The van der Waals surface area contributed by atoms with Gasteiger partial charge in [-0.25, -0.2) is 0 Å². The Labute approximate surface area is 107 Å². The lowest BCUT2D eigenvalue weighted by molar-refractivity contribution is 0.143. The van der Waals surface area contributed by atoms with Gasteiger partial charge in [0.25, 0.3) is 0 Å². The quantitative estimate of drug-likeness (QED) is 0.786. The van der Waals surface area contributed by atoms with E-state index in [0.29, 0.717) is 22.6 Å². The van der Waals surface area contributed by atoms with Crippen LogP contribution in [0.2, 0.25) is 0 Å². The number of methoxy groups -OCH3 is 2. The van der Waals surface area contributed by atoms with Crippen molar-refractivity contribution < 1.29 is 19.7 Å². The van der Waals surface area contributed by atoms with Crippen molar-refractivity contribution in [2.75, 3.05) is 14.2 Å². The molecule has 0 spiro atoms. The lowest BCUT2D eigenvalue weighted by Crippen LogP contribution is -2.14. The Balaban J connectivity index is 3.42. The summed E-state index contributed by atoms with van der Waals surface area (Å²) in [7, 11) is 2.98. The van der Waals surface area contributed by atoms with Gasteiger partial charge >= 0.3 is 0 Å². The average Bonchev–Trinajstić information content (AvgIpc) is 2.29. The smallest absolute Gasteiger partial charge is 0.164 e. The summed E-state index contributed by atoms with van der Waals surface area (Å²) in [5.74, 6) is 6.37. The highest BCUT2D eigenvalue weighted by Crippen LogP contribution is 2.37. The highest BCUT2D eigenvalue weighted by molar-refractivity contribution is 5.62. The molecule has 1 aromatic carbocycles. The van der Waals surface area contributed by atoms with Crippen molar-refractivity contribution in [3.05, 3.63) is 17.2 Å². The highest BCUT2D eigenvalue weighted by atomic mass is 16.5. The van der Waals surface area contributed by atoms with Crippen LogP contribution in [-0.2, 0) is 0 Å². The fraction of sp³-hybridized carbons (Fsp3) is 0.429. The van der Waals surface area contributed by atoms with Crippen LogP contribution in [0.25, 0.3) is 0 Å². The summed E-state index contributed by atoms with van der Waals surface area (Å²) < 4.78 is 10.3. The maximum absolute atomic E-state index is 9.92. The van der Waals surface area contributed by atoms with Gasteiger partial charge in [-0.05, 0) is 20.8 Å². The topological polar surface area (TPSA) is 58.9 Å². The van der Waals surface area contributed by atoms with Crippen LogP contribution in [0.15, 0.2) is 6.07 Å². The minimum atomic E-state index is -1.10. The van der Waals surface area contributed by atoms with E-state index >= 15 is 0 Å². The summed E-state index contributed by atoms with van der Waals surface area (Å²) in [6.07, 6.45) is 0. The Hall–Kier alpha value is -1.86. The zero-order valence-corrected chi connectivity index (χ0v) is 11.3. The minimum Gasteiger partial charge on any atom is -0.504 e. The van der Waals surface area contributed by atoms with Crippen LogP contribution in [0, 0.1) is 18.8 Å². The molecule has 0 aliphatic carbocycles. The summed E-state index contributed by atoms with van der Waals surface area (Å²) in [5.41, 5.74) is -0.00614. The van der Waals surface area contributed by atoms with Crippen LogP contribution in [0.4, 0.5) is 0 Å². The SMILES string of the molecule is COc1cc(OC)c(C#CC(C)(C)O)c(C)c1O. The molecule has 0 aromatic heterocycles. The molecule has 0 aliphatic heterocycles. The first-order valence-electron chi connectivity index (χ1n) is 5.50. The Bertz CT molecular complexity index is 501. The number of hydrogen-bond donors (Lipinski definition) is 2. The molecule has 18 heavy (non-hydrogen) atoms. The third kappa shape index (κ3) is 3.08. The minimum absolute atomic E-state index is 0.0262. The van der Waals surface area contributed by atoms with E-state index in [9.17, 15) is 10.2 Å². The molecule has 0 heterocycles. The van der Waals surface area contributed by atoms with Gasteiger partial charge < -0.3 is 19.7 Å². The second-order valence-corrected chi connectivity index (χ2v) is 4.44. The van der Waals surface area contributed by atoms with Gasteiger partial charge in [0.15, 0.2) is 11.5 Å². The molecule has 0 amide bonds. The van der Waals surface area contributed by atoms with Crippen molar-refractivity contribution in [1.29, 1.82) is 0 Å². The maximum atomic E-state index is 9.92. The van der Waals surface area contributed by atoms with Gasteiger partial charge in [-0.15, -0.1) is 0 Å². The molecule has 0 bridgehead atoms. The van der Waals surface area contributed by atoms with Crippen LogP contribution in [0.1, 0.15) is 25.0 Å². The van der Waals surface area contributed by atoms with Crippen molar-refractivity contribution in [2.24, 2.45) is 0 Å². The molecule has 98 valence electrons. The van der Waals surface area contributed by atoms with Gasteiger partial charge in [0.05, 0.1) is 19.8 Å². The number of phenols is 1. The molecule has 0 fully saturated rings. The summed E-state index contributed by atoms with van der Waals surface area (Å²) in [6, 6.07) is 1.57. The lowest BCUT2D eigenvalue weighted by Gasteiger charge is -2.13. The number of hydrogen-bond acceptors (Lipinski definition) is 4. The van der Waals surface area contributed by atoms with E-state index in [4.69, 9.17) is 9.47 Å². The first-order valence-corrected chi connectivity index (χ1v) is 5.50. The predicted octanol–water partition coefficient (Wildman–Crippen LogP) is 1.84. The van der Waals surface area contributed by atoms with Gasteiger partial charge in [0.1, 0.15) is 11.4 Å². The molecule has 4 heteroatoms. The number of aliphatic hydroxyl groups is 1. The van der Waals surface area contributed by atoms with E-state index in [0.717, 1.165) is 0 Å². The maximum Gasteiger partial charge on any atom is 0.164 e. The van der Waals surface area contributed by atoms with Crippen molar-refractivity contribution in [3.63, 3.8) is 0 Å². The van der Waals surface area contributed by atoms with Gasteiger partial charge in [-0.3, -0.25) is 0 Å². The Morgan fingerprint density at radius 2 is 1.72 bits per heavy atom. The van der Waals surface area contributed by atoms with Gasteiger partial charge in [0, 0.05) is 11.6 Å². The number of aromatic hydroxyl groups is 1. The lowest BCUT2D eigenvalue weighted by atomic mass is 10.0. The molecule has 0 aliphatic rings. The zero-order chi connectivity index (χ0) is 13.9. The van der Waals surface area contributed by atoms with Crippen molar-refractivity contribution >= 4 is 0 Å². The van der Waals surface area contributed by atoms with Crippen LogP contribution in [-0.4, -0.2) is 30.0 Å². The fourth-order valence-electron chi connectivity index (χ4n) is 1.43.